The number of carbonyl (C=O) groups excluding carboxylic acids is 1. The lowest BCUT2D eigenvalue weighted by Gasteiger charge is -2.43. The molecule has 7 nitrogen and oxygen atoms in total. The van der Waals surface area contributed by atoms with E-state index in [4.69, 9.17) is 26.1 Å². The van der Waals surface area contributed by atoms with Gasteiger partial charge in [0.15, 0.2) is 5.60 Å². The maximum absolute atomic E-state index is 12.7. The number of morpholine rings is 1. The van der Waals surface area contributed by atoms with Gasteiger partial charge in [-0.2, -0.15) is 0 Å². The third-order valence-corrected chi connectivity index (χ3v) is 5.69. The molecule has 3 rings (SSSR count). The van der Waals surface area contributed by atoms with Gasteiger partial charge >= 0.3 is 6.09 Å². The van der Waals surface area contributed by atoms with Crippen LogP contribution in [-0.4, -0.2) is 59.3 Å². The lowest BCUT2D eigenvalue weighted by Crippen LogP contribution is -2.49. The van der Waals surface area contributed by atoms with Crippen LogP contribution in [0, 0.1) is 0 Å². The second kappa shape index (κ2) is 7.43. The van der Waals surface area contributed by atoms with Crippen LogP contribution in [0.5, 0.6) is 0 Å². The Morgan fingerprint density at radius 1 is 1.41 bits per heavy atom. The quantitative estimate of drug-likeness (QED) is 0.727. The molecule has 0 N–H and O–H groups in total. The van der Waals surface area contributed by atoms with Crippen LogP contribution in [0.4, 0.5) is 10.7 Å². The van der Waals surface area contributed by atoms with Crippen molar-refractivity contribution in [3.8, 4) is 0 Å². The highest BCUT2D eigenvalue weighted by molar-refractivity contribution is 6.29. The minimum absolute atomic E-state index is 0.164. The Morgan fingerprint density at radius 2 is 2.11 bits per heavy atom. The van der Waals surface area contributed by atoms with Crippen molar-refractivity contribution < 1.29 is 14.3 Å². The Balaban J connectivity index is 1.88. The number of hydrogen-bond donors (Lipinski definition) is 0. The van der Waals surface area contributed by atoms with Gasteiger partial charge in [0.2, 0.25) is 5.95 Å². The van der Waals surface area contributed by atoms with Gasteiger partial charge in [-0.25, -0.2) is 14.8 Å². The standard InChI is InChI=1S/C19H29ClN4O3/c1-13-12-26-10-9-24(13)16-21-14(11-15(20)22-16)19(7-6-8-19)27-17(25)23(5)18(2,3)4/h11,13H,6-10,12H2,1-5H3/t13-/m0/s1. The van der Waals surface area contributed by atoms with E-state index >= 15 is 0 Å². The summed E-state index contributed by atoms with van der Waals surface area (Å²) in [5.41, 5.74) is -0.370. The van der Waals surface area contributed by atoms with Gasteiger partial charge in [0.1, 0.15) is 5.15 Å². The van der Waals surface area contributed by atoms with Crippen molar-refractivity contribution in [2.75, 3.05) is 31.7 Å². The summed E-state index contributed by atoms with van der Waals surface area (Å²) >= 11 is 6.32. The highest BCUT2D eigenvalue weighted by Gasteiger charge is 2.46. The number of hydrogen-bond acceptors (Lipinski definition) is 6. The van der Waals surface area contributed by atoms with Crippen LogP contribution >= 0.6 is 11.6 Å². The molecule has 1 aliphatic carbocycles. The number of aromatic nitrogens is 2. The lowest BCUT2D eigenvalue weighted by atomic mass is 9.77. The Bertz CT molecular complexity index is 703. The average molecular weight is 397 g/mol. The van der Waals surface area contributed by atoms with E-state index in [1.165, 1.54) is 0 Å². The first-order chi connectivity index (χ1) is 12.6. The second-order valence-corrected chi connectivity index (χ2v) is 8.83. The molecule has 0 unspecified atom stereocenters. The van der Waals surface area contributed by atoms with Crippen LogP contribution in [0.3, 0.4) is 0 Å². The molecule has 1 aromatic heterocycles. The van der Waals surface area contributed by atoms with Crippen molar-refractivity contribution in [2.45, 2.75) is 64.1 Å². The van der Waals surface area contributed by atoms with E-state index in [9.17, 15) is 4.79 Å². The van der Waals surface area contributed by atoms with E-state index in [1.807, 2.05) is 20.8 Å². The molecule has 1 atom stereocenters. The van der Waals surface area contributed by atoms with Crippen molar-refractivity contribution >= 4 is 23.6 Å². The van der Waals surface area contributed by atoms with Gasteiger partial charge in [0, 0.05) is 25.2 Å². The van der Waals surface area contributed by atoms with Crippen molar-refractivity contribution in [1.29, 1.82) is 0 Å². The molecule has 0 radical (unpaired) electrons. The minimum atomic E-state index is -0.729. The second-order valence-electron chi connectivity index (χ2n) is 8.44. The number of rotatable bonds is 3. The maximum atomic E-state index is 12.7. The van der Waals surface area contributed by atoms with E-state index in [2.05, 4.69) is 16.8 Å². The summed E-state index contributed by atoms with van der Waals surface area (Å²) in [6, 6.07) is 1.89. The van der Waals surface area contributed by atoms with Gasteiger partial charge in [0.05, 0.1) is 24.9 Å². The minimum Gasteiger partial charge on any atom is -0.436 e. The summed E-state index contributed by atoms with van der Waals surface area (Å²) in [7, 11) is 1.75. The Labute approximate surface area is 166 Å². The van der Waals surface area contributed by atoms with Gasteiger partial charge in [-0.05, 0) is 47.0 Å². The fraction of sp³-hybridized carbons (Fsp3) is 0.737. The van der Waals surface area contributed by atoms with Gasteiger partial charge in [-0.1, -0.05) is 11.6 Å². The largest absolute Gasteiger partial charge is 0.436 e. The summed E-state index contributed by atoms with van der Waals surface area (Å²) in [4.78, 5) is 25.6. The number of ether oxygens (including phenoxy) is 2. The van der Waals surface area contributed by atoms with Gasteiger partial charge in [-0.15, -0.1) is 0 Å². The topological polar surface area (TPSA) is 67.8 Å². The fourth-order valence-electron chi connectivity index (χ4n) is 3.21. The van der Waals surface area contributed by atoms with Crippen molar-refractivity contribution in [3.63, 3.8) is 0 Å². The molecule has 1 aliphatic heterocycles. The van der Waals surface area contributed by atoms with Crippen LogP contribution in [0.1, 0.15) is 52.7 Å². The van der Waals surface area contributed by atoms with E-state index < -0.39 is 5.60 Å². The predicted octanol–water partition coefficient (Wildman–Crippen LogP) is 3.60. The molecule has 150 valence electrons. The van der Waals surface area contributed by atoms with Crippen molar-refractivity contribution in [2.24, 2.45) is 0 Å². The molecule has 1 aromatic rings. The van der Waals surface area contributed by atoms with Gasteiger partial charge < -0.3 is 19.3 Å². The number of amides is 1. The Hall–Kier alpha value is -1.60. The Kier molecular flexibility index (Phi) is 5.54. The third kappa shape index (κ3) is 4.14. The van der Waals surface area contributed by atoms with E-state index in [0.29, 0.717) is 36.6 Å². The van der Waals surface area contributed by atoms with Crippen LogP contribution in [0.25, 0.3) is 0 Å². The predicted molar refractivity (Wildman–Crippen MR) is 104 cm³/mol. The molecule has 8 heteroatoms. The third-order valence-electron chi connectivity index (χ3n) is 5.50. The van der Waals surface area contributed by atoms with Gasteiger partial charge in [-0.3, -0.25) is 0 Å². The number of anilines is 1. The van der Waals surface area contributed by atoms with E-state index in [1.54, 1.807) is 18.0 Å². The number of nitrogens with zero attached hydrogens (tertiary/aromatic N) is 4. The Morgan fingerprint density at radius 3 is 2.67 bits per heavy atom. The highest BCUT2D eigenvalue weighted by atomic mass is 35.5. The zero-order valence-corrected chi connectivity index (χ0v) is 17.5. The molecule has 27 heavy (non-hydrogen) atoms. The zero-order chi connectivity index (χ0) is 19.8. The van der Waals surface area contributed by atoms with Crippen LogP contribution < -0.4 is 4.90 Å². The lowest BCUT2D eigenvalue weighted by molar-refractivity contribution is -0.0743. The summed E-state index contributed by atoms with van der Waals surface area (Å²) in [6.07, 6.45) is 2.11. The summed E-state index contributed by atoms with van der Waals surface area (Å²) in [5.74, 6) is 0.569. The average Bonchev–Trinajstić information content (AvgIpc) is 2.56. The summed E-state index contributed by atoms with van der Waals surface area (Å²) in [5, 5.41) is 0.361. The number of carbonyl (C=O) groups is 1. The van der Waals surface area contributed by atoms with Crippen molar-refractivity contribution in [1.82, 2.24) is 14.9 Å². The highest BCUT2D eigenvalue weighted by Crippen LogP contribution is 2.45. The molecule has 0 spiro atoms. The van der Waals surface area contributed by atoms with E-state index in [-0.39, 0.29) is 17.7 Å². The van der Waals surface area contributed by atoms with Gasteiger partial charge in [0.25, 0.3) is 0 Å². The zero-order valence-electron chi connectivity index (χ0n) is 16.8. The first kappa shape index (κ1) is 20.1. The smallest absolute Gasteiger partial charge is 0.410 e. The monoisotopic (exact) mass is 396 g/mol. The molecular weight excluding hydrogens is 368 g/mol. The molecule has 1 saturated heterocycles. The molecule has 1 amide bonds. The fourth-order valence-corrected chi connectivity index (χ4v) is 3.39. The van der Waals surface area contributed by atoms with Crippen LogP contribution in [-0.2, 0) is 15.1 Å². The molecule has 2 aliphatic rings. The van der Waals surface area contributed by atoms with Crippen molar-refractivity contribution in [3.05, 3.63) is 16.9 Å². The molecule has 2 fully saturated rings. The van der Waals surface area contributed by atoms with E-state index in [0.717, 1.165) is 19.3 Å². The first-order valence-electron chi connectivity index (χ1n) is 9.49. The molecular formula is C19H29ClN4O3. The van der Waals surface area contributed by atoms with Crippen LogP contribution in [0.2, 0.25) is 5.15 Å². The molecule has 1 saturated carbocycles. The SMILES string of the molecule is C[C@H]1COCCN1c1nc(Cl)cc(C2(OC(=O)N(C)C(C)(C)C)CCC2)n1. The molecule has 0 bridgehead atoms. The molecule has 0 aromatic carbocycles. The first-order valence-corrected chi connectivity index (χ1v) is 9.86. The normalized spacial score (nSPS) is 22.1. The molecule has 2 heterocycles. The maximum Gasteiger partial charge on any atom is 0.410 e. The van der Waals surface area contributed by atoms with Crippen LogP contribution in [0.15, 0.2) is 6.07 Å². The summed E-state index contributed by atoms with van der Waals surface area (Å²) in [6.45, 7) is 9.96. The number of halogens is 1. The summed E-state index contributed by atoms with van der Waals surface area (Å²) < 4.78 is 11.5.